The van der Waals surface area contributed by atoms with E-state index in [4.69, 9.17) is 23.2 Å². The van der Waals surface area contributed by atoms with Crippen LogP contribution in [-0.2, 0) is 42.9 Å². The highest BCUT2D eigenvalue weighted by atomic mass is 35.5. The standard InChI is InChI=1S/C49H57Cl2FN8O6/c1-47(2)19-21-48(22-20-47)49(32-14-11-29(50)26-33(32)56-45(49)65)38(31-18-24-53-41(51)39(31)52)40(58-48)44(64)55-30-12-9-28(10-13-30)42(62)54-23-6-4-5-7-27-8-15-34-36(25-27)59(3)46(66)60(34)35-16-17-37(61)57-43(35)63/h8,11,14-15,18,24-26,28,30,35,38,40,58H,4-7,9-10,12-13,16-17,19-23H2,1-3H3,(H,54,62)(H,55,64)(H,56,65)(H,57,61,63)/t28-,30-,35?,38-,40+,49+/m0/s1. The maximum atomic E-state index is 16.3. The number of pyridine rings is 1. The molecule has 5 heterocycles. The number of nitrogens with one attached hydrogen (secondary N) is 5. The Bertz CT molecular complexity index is 2680. The molecule has 0 bridgehead atoms. The molecule has 0 radical (unpaired) electrons. The summed E-state index contributed by atoms with van der Waals surface area (Å²) in [7, 11) is 1.69. The predicted octanol–water partition coefficient (Wildman–Crippen LogP) is 6.65. The van der Waals surface area contributed by atoms with Crippen molar-refractivity contribution < 1.29 is 28.4 Å². The Morgan fingerprint density at radius 3 is 2.38 bits per heavy atom. The number of amides is 5. The third-order valence-corrected chi connectivity index (χ3v) is 16.0. The average Bonchev–Trinajstić information content (AvgIpc) is 3.84. The monoisotopic (exact) mass is 942 g/mol. The van der Waals surface area contributed by atoms with E-state index in [1.807, 2.05) is 24.3 Å². The Hall–Kier alpha value is -5.12. The lowest BCUT2D eigenvalue weighted by atomic mass is 9.53. The van der Waals surface area contributed by atoms with Crippen LogP contribution >= 0.6 is 23.2 Å². The Kier molecular flexibility index (Phi) is 12.4. The number of unbranched alkanes of at least 4 members (excludes halogenated alkanes) is 2. The minimum atomic E-state index is -1.36. The normalized spacial score (nSPS) is 26.6. The maximum absolute atomic E-state index is 16.3. The lowest BCUT2D eigenvalue weighted by molar-refractivity contribution is -0.136. The minimum absolute atomic E-state index is 0.00403. The molecule has 66 heavy (non-hydrogen) atoms. The lowest BCUT2D eigenvalue weighted by Gasteiger charge is -2.50. The average molecular weight is 944 g/mol. The summed E-state index contributed by atoms with van der Waals surface area (Å²) in [6.07, 6.45) is 10.4. The number of aryl methyl sites for hydroxylation is 2. The summed E-state index contributed by atoms with van der Waals surface area (Å²) in [6.45, 7) is 4.96. The molecule has 4 atom stereocenters. The molecule has 4 fully saturated rings. The molecule has 5 aliphatic rings. The molecule has 17 heteroatoms. The molecule has 14 nitrogen and oxygen atoms in total. The highest BCUT2D eigenvalue weighted by Gasteiger charge is 2.73. The number of piperidine rings is 1. The van der Waals surface area contributed by atoms with Gasteiger partial charge in [0, 0.05) is 60.3 Å². The number of imidazole rings is 1. The number of anilines is 1. The molecule has 4 aromatic rings. The van der Waals surface area contributed by atoms with Gasteiger partial charge < -0.3 is 16.0 Å². The van der Waals surface area contributed by atoms with E-state index >= 15 is 4.39 Å². The number of rotatable bonds is 11. The number of hydrogen-bond donors (Lipinski definition) is 5. The van der Waals surface area contributed by atoms with E-state index in [1.54, 1.807) is 23.7 Å². The van der Waals surface area contributed by atoms with Crippen molar-refractivity contribution in [2.45, 2.75) is 139 Å². The van der Waals surface area contributed by atoms with Crippen LogP contribution in [0.5, 0.6) is 0 Å². The molecule has 3 aliphatic heterocycles. The van der Waals surface area contributed by atoms with Crippen molar-refractivity contribution in [3.05, 3.63) is 91.8 Å². The van der Waals surface area contributed by atoms with Crippen molar-refractivity contribution in [1.82, 2.24) is 35.4 Å². The molecule has 2 spiro atoms. The molecule has 5 amide bonds. The SMILES string of the molecule is Cn1c(=O)n(C2CCC(=O)NC2=O)c2ccc(CCCCCNC(=O)[C@H]3CC[C@H](NC(=O)[C@@H]4NC5(CCC(C)(C)CC5)[C@@]5(C(=O)Nc6cc(Cl)ccc65)[C@H]4c4ccnc(Cl)c4F)CC3)cc21. The van der Waals surface area contributed by atoms with Gasteiger partial charge in [-0.25, -0.2) is 14.2 Å². The predicted molar refractivity (Wildman–Crippen MR) is 249 cm³/mol. The Labute approximate surface area is 392 Å². The summed E-state index contributed by atoms with van der Waals surface area (Å²) in [5, 5.41) is 15.6. The van der Waals surface area contributed by atoms with E-state index in [0.717, 1.165) is 49.6 Å². The lowest BCUT2D eigenvalue weighted by Crippen LogP contribution is -2.61. The van der Waals surface area contributed by atoms with Crippen LogP contribution in [0.15, 0.2) is 53.5 Å². The maximum Gasteiger partial charge on any atom is 0.329 e. The number of benzene rings is 2. The first-order valence-electron chi connectivity index (χ1n) is 23.3. The van der Waals surface area contributed by atoms with Gasteiger partial charge in [-0.15, -0.1) is 0 Å². The van der Waals surface area contributed by atoms with Gasteiger partial charge in [-0.3, -0.25) is 43.7 Å². The van der Waals surface area contributed by atoms with Crippen molar-refractivity contribution in [2.75, 3.05) is 11.9 Å². The Morgan fingerprint density at radius 1 is 0.879 bits per heavy atom. The largest absolute Gasteiger partial charge is 0.356 e. The van der Waals surface area contributed by atoms with Crippen LogP contribution in [0.1, 0.15) is 126 Å². The second-order valence-corrected chi connectivity index (χ2v) is 20.8. The van der Waals surface area contributed by atoms with Crippen LogP contribution in [0.2, 0.25) is 10.2 Å². The minimum Gasteiger partial charge on any atom is -0.356 e. The number of aromatic nitrogens is 3. The fourth-order valence-corrected chi connectivity index (χ4v) is 12.2. The molecule has 9 rings (SSSR count). The molecule has 5 N–H and O–H groups in total. The molecule has 2 aromatic carbocycles. The summed E-state index contributed by atoms with van der Waals surface area (Å²) < 4.78 is 19.4. The third-order valence-electron chi connectivity index (χ3n) is 15.5. The Balaban J connectivity index is 0.809. The van der Waals surface area contributed by atoms with Crippen molar-refractivity contribution >= 4 is 69.5 Å². The van der Waals surface area contributed by atoms with Crippen molar-refractivity contribution in [1.29, 1.82) is 0 Å². The van der Waals surface area contributed by atoms with Crippen LogP contribution < -0.4 is 32.3 Å². The summed E-state index contributed by atoms with van der Waals surface area (Å²) in [5.41, 5.74) is 1.29. The van der Waals surface area contributed by atoms with Gasteiger partial charge in [0.1, 0.15) is 11.5 Å². The molecule has 2 aromatic heterocycles. The molecule has 2 aliphatic carbocycles. The summed E-state index contributed by atoms with van der Waals surface area (Å²) in [4.78, 5) is 84.2. The fraction of sp³-hybridized carbons (Fsp3) is 0.531. The fourth-order valence-electron chi connectivity index (χ4n) is 11.9. The summed E-state index contributed by atoms with van der Waals surface area (Å²) >= 11 is 12.8. The zero-order valence-corrected chi connectivity index (χ0v) is 39.0. The van der Waals surface area contributed by atoms with E-state index in [9.17, 15) is 28.8 Å². The van der Waals surface area contributed by atoms with Gasteiger partial charge in [-0.2, -0.15) is 0 Å². The third kappa shape index (κ3) is 8.01. The number of carbonyl (C=O) groups is 5. The first-order valence-corrected chi connectivity index (χ1v) is 24.1. The quantitative estimate of drug-likeness (QED) is 0.0629. The number of nitrogens with zero attached hydrogens (tertiary/aromatic N) is 3. The number of imide groups is 1. The van der Waals surface area contributed by atoms with E-state index in [0.29, 0.717) is 66.9 Å². The molecule has 2 saturated carbocycles. The number of hydrogen-bond acceptors (Lipinski definition) is 8. The molecular formula is C49H57Cl2FN8O6. The van der Waals surface area contributed by atoms with Gasteiger partial charge in [0.2, 0.25) is 29.5 Å². The molecule has 2 saturated heterocycles. The van der Waals surface area contributed by atoms with Crippen molar-refractivity contribution in [3.8, 4) is 0 Å². The smallest absolute Gasteiger partial charge is 0.329 e. The Morgan fingerprint density at radius 2 is 1.64 bits per heavy atom. The number of carbonyl (C=O) groups excluding carboxylic acids is 5. The van der Waals surface area contributed by atoms with Gasteiger partial charge >= 0.3 is 5.69 Å². The molecular weight excluding hydrogens is 886 g/mol. The van der Waals surface area contributed by atoms with Crippen molar-refractivity contribution in [2.24, 2.45) is 18.4 Å². The van der Waals surface area contributed by atoms with Crippen LogP contribution in [0, 0.1) is 17.2 Å². The number of halogens is 3. The molecule has 350 valence electrons. The van der Waals surface area contributed by atoms with E-state index < -0.39 is 40.7 Å². The van der Waals surface area contributed by atoms with Gasteiger partial charge in [-0.05, 0) is 129 Å². The zero-order chi connectivity index (χ0) is 46.7. The highest BCUT2D eigenvalue weighted by Crippen LogP contribution is 2.64. The van der Waals surface area contributed by atoms with Crippen LogP contribution in [0.25, 0.3) is 11.0 Å². The van der Waals surface area contributed by atoms with Gasteiger partial charge in [0.05, 0.1) is 17.1 Å². The second kappa shape index (κ2) is 17.8. The topological polar surface area (TPSA) is 185 Å². The van der Waals surface area contributed by atoms with Crippen LogP contribution in [0.4, 0.5) is 10.1 Å². The van der Waals surface area contributed by atoms with Gasteiger partial charge in [0.15, 0.2) is 11.0 Å². The van der Waals surface area contributed by atoms with E-state index in [1.165, 1.54) is 16.8 Å². The van der Waals surface area contributed by atoms with E-state index in [2.05, 4.69) is 45.4 Å². The number of fused-ring (bicyclic) bond motifs is 4. The first kappa shape index (κ1) is 46.0. The van der Waals surface area contributed by atoms with Crippen molar-refractivity contribution in [3.63, 3.8) is 0 Å². The van der Waals surface area contributed by atoms with Crippen LogP contribution in [-0.4, -0.2) is 67.8 Å². The summed E-state index contributed by atoms with van der Waals surface area (Å²) in [6, 6.07) is 10.7. The van der Waals surface area contributed by atoms with Gasteiger partial charge in [-0.1, -0.05) is 55.6 Å². The zero-order valence-electron chi connectivity index (χ0n) is 37.5. The molecule has 1 unspecified atom stereocenters. The first-order chi connectivity index (χ1) is 31.5. The highest BCUT2D eigenvalue weighted by molar-refractivity contribution is 6.31. The second-order valence-electron chi connectivity index (χ2n) is 20.0. The van der Waals surface area contributed by atoms with Crippen LogP contribution in [0.3, 0.4) is 0 Å². The van der Waals surface area contributed by atoms with E-state index in [-0.39, 0.29) is 70.3 Å². The summed E-state index contributed by atoms with van der Waals surface area (Å²) in [5.74, 6) is -3.33. The van der Waals surface area contributed by atoms with Gasteiger partial charge in [0.25, 0.3) is 0 Å².